The number of carbonyl (C=O) groups is 2. The molecular weight excluding hydrogens is 506 g/mol. The Labute approximate surface area is 226 Å². The number of unbranched alkanes of at least 4 members (excludes halogenated alkanes) is 1. The topological polar surface area (TPSA) is 105 Å². The Bertz CT molecular complexity index is 1170. The van der Waals surface area contributed by atoms with Crippen LogP contribution in [0.4, 0.5) is 5.69 Å². The molecule has 1 N–H and O–H groups in total. The monoisotopic (exact) mass is 545 g/mol. The highest BCUT2D eigenvalue weighted by Crippen LogP contribution is 2.35. The van der Waals surface area contributed by atoms with E-state index in [4.69, 9.17) is 9.47 Å². The molecule has 2 amide bonds. The molecule has 0 fully saturated rings. The summed E-state index contributed by atoms with van der Waals surface area (Å²) >= 11 is 0. The normalized spacial score (nSPS) is 13.4. The second-order valence-electron chi connectivity index (χ2n) is 9.13. The van der Waals surface area contributed by atoms with Crippen LogP contribution in [0.2, 0.25) is 0 Å². The van der Waals surface area contributed by atoms with Gasteiger partial charge in [0.05, 0.1) is 11.4 Å². The average Bonchev–Trinajstić information content (AvgIpc) is 2.94. The third-order valence-electron chi connectivity index (χ3n) is 6.49. The second-order valence-corrected chi connectivity index (χ2v) is 11.3. The van der Waals surface area contributed by atoms with Crippen molar-refractivity contribution in [2.75, 3.05) is 42.9 Å². The molecule has 0 aliphatic carbocycles. The van der Waals surface area contributed by atoms with Crippen molar-refractivity contribution < 1.29 is 27.5 Å². The highest BCUT2D eigenvalue weighted by molar-refractivity contribution is 7.92. The number of amides is 2. The molecule has 1 aliphatic heterocycles. The molecule has 0 bridgehead atoms. The summed E-state index contributed by atoms with van der Waals surface area (Å²) < 4.78 is 38.6. The Balaban J connectivity index is 1.90. The van der Waals surface area contributed by atoms with Gasteiger partial charge in [-0.2, -0.15) is 0 Å². The predicted octanol–water partition coefficient (Wildman–Crippen LogP) is 3.38. The second kappa shape index (κ2) is 14.0. The lowest BCUT2D eigenvalue weighted by molar-refractivity contribution is -0.139. The third-order valence-corrected chi connectivity index (χ3v) is 8.23. The van der Waals surface area contributed by atoms with Crippen LogP contribution in [-0.2, 0) is 26.0 Å². The molecule has 1 heterocycles. The van der Waals surface area contributed by atoms with E-state index < -0.39 is 28.5 Å². The van der Waals surface area contributed by atoms with Crippen molar-refractivity contribution in [3.05, 3.63) is 54.1 Å². The maximum atomic E-state index is 13.8. The summed E-state index contributed by atoms with van der Waals surface area (Å²) in [5.74, 6) is 0.101. The van der Waals surface area contributed by atoms with Gasteiger partial charge in [0.15, 0.2) is 11.5 Å². The van der Waals surface area contributed by atoms with Crippen LogP contribution in [0.15, 0.2) is 48.5 Å². The van der Waals surface area contributed by atoms with Gasteiger partial charge >= 0.3 is 0 Å². The lowest BCUT2D eigenvalue weighted by Crippen LogP contribution is -2.53. The molecule has 1 atom stereocenters. The van der Waals surface area contributed by atoms with E-state index >= 15 is 0 Å². The smallest absolute Gasteiger partial charge is 0.244 e. The summed E-state index contributed by atoms with van der Waals surface area (Å²) in [6.45, 7) is 6.58. The van der Waals surface area contributed by atoms with Crippen LogP contribution in [0.1, 0.15) is 45.6 Å². The van der Waals surface area contributed by atoms with Gasteiger partial charge in [-0.1, -0.05) is 50.6 Å². The van der Waals surface area contributed by atoms with Gasteiger partial charge < -0.3 is 19.7 Å². The van der Waals surface area contributed by atoms with Crippen molar-refractivity contribution in [3.63, 3.8) is 0 Å². The van der Waals surface area contributed by atoms with Crippen LogP contribution in [0.25, 0.3) is 0 Å². The number of sulfonamides is 1. The van der Waals surface area contributed by atoms with Crippen LogP contribution in [0.5, 0.6) is 11.5 Å². The van der Waals surface area contributed by atoms with Gasteiger partial charge in [-0.25, -0.2) is 8.42 Å². The van der Waals surface area contributed by atoms with Crippen LogP contribution in [-0.4, -0.2) is 69.8 Å². The number of hydrogen-bond acceptors (Lipinski definition) is 6. The van der Waals surface area contributed by atoms with Crippen LogP contribution in [0, 0.1) is 0 Å². The lowest BCUT2D eigenvalue weighted by Gasteiger charge is -2.33. The first kappa shape index (κ1) is 29.3. The highest BCUT2D eigenvalue weighted by atomic mass is 32.2. The fourth-order valence-electron chi connectivity index (χ4n) is 4.31. The van der Waals surface area contributed by atoms with E-state index in [9.17, 15) is 18.0 Å². The van der Waals surface area contributed by atoms with Gasteiger partial charge in [-0.3, -0.25) is 13.9 Å². The number of carbonyl (C=O) groups excluding carboxylic acids is 2. The minimum atomic E-state index is -3.82. The van der Waals surface area contributed by atoms with E-state index in [1.54, 1.807) is 18.2 Å². The first-order valence-electron chi connectivity index (χ1n) is 13.3. The molecule has 0 spiro atoms. The number of ether oxygens (including phenoxy) is 2. The first-order chi connectivity index (χ1) is 18.3. The van der Waals surface area contributed by atoms with E-state index in [1.807, 2.05) is 44.2 Å². The summed E-state index contributed by atoms with van der Waals surface area (Å²) in [6, 6.07) is 13.8. The first-order valence-corrected chi connectivity index (χ1v) is 14.9. The molecule has 3 rings (SSSR count). The summed E-state index contributed by atoms with van der Waals surface area (Å²) in [6.07, 6.45) is 2.72. The molecule has 1 aliphatic rings. The predicted molar refractivity (Wildman–Crippen MR) is 148 cm³/mol. The molecule has 0 aromatic heterocycles. The minimum absolute atomic E-state index is 0.187. The van der Waals surface area contributed by atoms with Gasteiger partial charge in [0, 0.05) is 19.2 Å². The number of rotatable bonds is 14. The Morgan fingerprint density at radius 2 is 1.71 bits per heavy atom. The zero-order valence-corrected chi connectivity index (χ0v) is 23.3. The fourth-order valence-corrected chi connectivity index (χ4v) is 5.36. The molecule has 38 heavy (non-hydrogen) atoms. The maximum absolute atomic E-state index is 13.8. The fraction of sp³-hybridized carbons (Fsp3) is 0.500. The van der Waals surface area contributed by atoms with E-state index in [1.165, 1.54) is 11.8 Å². The van der Waals surface area contributed by atoms with Gasteiger partial charge in [-0.15, -0.1) is 0 Å². The molecule has 9 nitrogen and oxygen atoms in total. The highest BCUT2D eigenvalue weighted by Gasteiger charge is 2.32. The van der Waals surface area contributed by atoms with Gasteiger partial charge in [0.2, 0.25) is 21.8 Å². The molecular formula is C28H39N3O6S. The molecule has 1 unspecified atom stereocenters. The van der Waals surface area contributed by atoms with Crippen molar-refractivity contribution in [1.29, 1.82) is 0 Å². The van der Waals surface area contributed by atoms with Crippen molar-refractivity contribution in [2.45, 2.75) is 52.5 Å². The van der Waals surface area contributed by atoms with Gasteiger partial charge in [-0.05, 0) is 43.9 Å². The zero-order valence-electron chi connectivity index (χ0n) is 22.5. The van der Waals surface area contributed by atoms with Crippen molar-refractivity contribution >= 4 is 27.5 Å². The van der Waals surface area contributed by atoms with E-state index in [2.05, 4.69) is 5.32 Å². The van der Waals surface area contributed by atoms with E-state index in [0.717, 1.165) is 22.7 Å². The number of anilines is 1. The van der Waals surface area contributed by atoms with Crippen molar-refractivity contribution in [3.8, 4) is 11.5 Å². The Hall–Kier alpha value is -3.27. The molecule has 0 saturated heterocycles. The van der Waals surface area contributed by atoms with Gasteiger partial charge in [0.1, 0.15) is 25.8 Å². The summed E-state index contributed by atoms with van der Waals surface area (Å²) in [7, 11) is -3.82. The van der Waals surface area contributed by atoms with Crippen molar-refractivity contribution in [1.82, 2.24) is 10.2 Å². The van der Waals surface area contributed by atoms with Crippen molar-refractivity contribution in [2.24, 2.45) is 0 Å². The number of benzene rings is 2. The number of hydrogen-bond donors (Lipinski definition) is 1. The summed E-state index contributed by atoms with van der Waals surface area (Å²) in [4.78, 5) is 28.4. The average molecular weight is 546 g/mol. The Morgan fingerprint density at radius 1 is 1.00 bits per heavy atom. The molecule has 0 radical (unpaired) electrons. The standard InChI is InChI=1S/C28H39N3O6S/c1-4-7-16-29-28(33)24(5-2)30(17-15-22-11-9-8-10-12-22)27(32)21-31(38(34,35)6-3)23-13-14-25-26(20-23)37-19-18-36-25/h8-14,20,24H,4-7,15-19,21H2,1-3H3,(H,29,33). The summed E-state index contributed by atoms with van der Waals surface area (Å²) in [5, 5.41) is 2.93. The third kappa shape index (κ3) is 7.63. The maximum Gasteiger partial charge on any atom is 0.244 e. The largest absolute Gasteiger partial charge is 0.486 e. The minimum Gasteiger partial charge on any atom is -0.486 e. The van der Waals surface area contributed by atoms with Gasteiger partial charge in [0.25, 0.3) is 0 Å². The van der Waals surface area contributed by atoms with Crippen LogP contribution in [0.3, 0.4) is 0 Å². The molecule has 2 aromatic carbocycles. The zero-order chi connectivity index (χ0) is 27.5. The van der Waals surface area contributed by atoms with E-state index in [0.29, 0.717) is 49.8 Å². The van der Waals surface area contributed by atoms with Crippen LogP contribution < -0.4 is 19.1 Å². The number of nitrogens with zero attached hydrogens (tertiary/aromatic N) is 2. The molecule has 208 valence electrons. The lowest BCUT2D eigenvalue weighted by atomic mass is 10.1. The Kier molecular flexibility index (Phi) is 10.8. The SMILES string of the molecule is CCCCNC(=O)C(CC)N(CCc1ccccc1)C(=O)CN(c1ccc2c(c1)OCCO2)S(=O)(=O)CC. The van der Waals surface area contributed by atoms with Crippen LogP contribution >= 0.6 is 0 Å². The quantitative estimate of drug-likeness (QED) is 0.365. The Morgan fingerprint density at radius 3 is 2.37 bits per heavy atom. The number of nitrogens with one attached hydrogen (secondary N) is 1. The molecule has 2 aromatic rings. The summed E-state index contributed by atoms with van der Waals surface area (Å²) in [5.41, 5.74) is 1.34. The van der Waals surface area contributed by atoms with E-state index in [-0.39, 0.29) is 18.2 Å². The molecule has 10 heteroatoms. The number of fused-ring (bicyclic) bond motifs is 1. The molecule has 0 saturated carbocycles.